The number of halogens is 1. The standard InChI is InChI=1S/C19H19ClN4O3/c1-13(25)21-15-4-6-16(7-5-15)22-18(26)12-23-10-11-24(19(23)27)17-8-2-14(20)3-9-17/h2-9H,10-12H2,1H3,(H,21,25)(H,22,26). The van der Waals surface area contributed by atoms with E-state index in [9.17, 15) is 14.4 Å². The molecule has 4 amide bonds. The maximum atomic E-state index is 12.5. The van der Waals surface area contributed by atoms with E-state index in [4.69, 9.17) is 11.6 Å². The number of nitrogens with one attached hydrogen (secondary N) is 2. The molecule has 1 aliphatic heterocycles. The molecule has 1 aliphatic rings. The van der Waals surface area contributed by atoms with Gasteiger partial charge in [0, 0.05) is 42.1 Å². The molecular formula is C19H19ClN4O3. The number of urea groups is 1. The van der Waals surface area contributed by atoms with E-state index in [1.54, 1.807) is 53.4 Å². The van der Waals surface area contributed by atoms with E-state index in [2.05, 4.69) is 10.6 Å². The Morgan fingerprint density at radius 1 is 0.963 bits per heavy atom. The van der Waals surface area contributed by atoms with Crippen molar-refractivity contribution in [2.45, 2.75) is 6.92 Å². The third-order valence-corrected chi connectivity index (χ3v) is 4.31. The fraction of sp³-hybridized carbons (Fsp3) is 0.211. The number of hydrogen-bond acceptors (Lipinski definition) is 3. The molecule has 0 spiro atoms. The molecule has 0 aromatic heterocycles. The van der Waals surface area contributed by atoms with E-state index >= 15 is 0 Å². The Hall–Kier alpha value is -3.06. The summed E-state index contributed by atoms with van der Waals surface area (Å²) in [4.78, 5) is 38.9. The van der Waals surface area contributed by atoms with Crippen molar-refractivity contribution in [1.29, 1.82) is 0 Å². The Morgan fingerprint density at radius 3 is 2.15 bits per heavy atom. The number of rotatable bonds is 5. The molecule has 2 aromatic carbocycles. The molecular weight excluding hydrogens is 368 g/mol. The molecule has 0 radical (unpaired) electrons. The van der Waals surface area contributed by atoms with Crippen molar-refractivity contribution >= 4 is 46.5 Å². The second kappa shape index (κ2) is 8.09. The van der Waals surface area contributed by atoms with Crippen molar-refractivity contribution in [2.75, 3.05) is 35.2 Å². The SMILES string of the molecule is CC(=O)Nc1ccc(NC(=O)CN2CCN(c3ccc(Cl)cc3)C2=O)cc1. The van der Waals surface area contributed by atoms with Gasteiger partial charge in [-0.25, -0.2) is 4.79 Å². The normalized spacial score (nSPS) is 13.6. The van der Waals surface area contributed by atoms with Crippen LogP contribution in [0.15, 0.2) is 48.5 Å². The predicted octanol–water partition coefficient (Wildman–Crippen LogP) is 3.18. The summed E-state index contributed by atoms with van der Waals surface area (Å²) in [6.45, 7) is 2.38. The zero-order valence-electron chi connectivity index (χ0n) is 14.7. The van der Waals surface area contributed by atoms with Crippen LogP contribution in [0.4, 0.5) is 21.9 Å². The molecule has 0 bridgehead atoms. The summed E-state index contributed by atoms with van der Waals surface area (Å²) in [5.41, 5.74) is 1.99. The molecule has 0 aliphatic carbocycles. The quantitative estimate of drug-likeness (QED) is 0.828. The number of carbonyl (C=O) groups is 3. The van der Waals surface area contributed by atoms with Crippen LogP contribution in [0, 0.1) is 0 Å². The highest BCUT2D eigenvalue weighted by Crippen LogP contribution is 2.22. The lowest BCUT2D eigenvalue weighted by molar-refractivity contribution is -0.116. The molecule has 1 heterocycles. The first kappa shape index (κ1) is 18.7. The average Bonchev–Trinajstić information content (AvgIpc) is 2.97. The van der Waals surface area contributed by atoms with Gasteiger partial charge in [-0.3, -0.25) is 14.5 Å². The van der Waals surface area contributed by atoms with E-state index in [0.29, 0.717) is 29.5 Å². The molecule has 2 aromatic rings. The summed E-state index contributed by atoms with van der Waals surface area (Å²) < 4.78 is 0. The molecule has 0 atom stereocenters. The Balaban J connectivity index is 1.56. The summed E-state index contributed by atoms with van der Waals surface area (Å²) in [5.74, 6) is -0.446. The topological polar surface area (TPSA) is 81.8 Å². The number of amides is 4. The highest BCUT2D eigenvalue weighted by atomic mass is 35.5. The van der Waals surface area contributed by atoms with Gasteiger partial charge < -0.3 is 15.5 Å². The molecule has 0 unspecified atom stereocenters. The number of hydrogen-bond donors (Lipinski definition) is 2. The highest BCUT2D eigenvalue weighted by Gasteiger charge is 2.30. The number of benzene rings is 2. The molecule has 7 nitrogen and oxygen atoms in total. The zero-order valence-corrected chi connectivity index (χ0v) is 15.5. The first-order valence-electron chi connectivity index (χ1n) is 8.42. The molecule has 1 fully saturated rings. The van der Waals surface area contributed by atoms with E-state index in [1.807, 2.05) is 0 Å². The minimum atomic E-state index is -0.284. The average molecular weight is 387 g/mol. The maximum absolute atomic E-state index is 12.5. The summed E-state index contributed by atoms with van der Waals surface area (Å²) in [7, 11) is 0. The van der Waals surface area contributed by atoms with Crippen molar-refractivity contribution in [3.05, 3.63) is 53.6 Å². The van der Waals surface area contributed by atoms with Crippen LogP contribution >= 0.6 is 11.6 Å². The van der Waals surface area contributed by atoms with E-state index in [-0.39, 0.29) is 24.4 Å². The zero-order chi connectivity index (χ0) is 19.4. The van der Waals surface area contributed by atoms with Crippen molar-refractivity contribution in [3.63, 3.8) is 0 Å². The first-order chi connectivity index (χ1) is 12.9. The van der Waals surface area contributed by atoms with Crippen LogP contribution in [0.3, 0.4) is 0 Å². The van der Waals surface area contributed by atoms with Gasteiger partial charge in [0.05, 0.1) is 0 Å². The van der Waals surface area contributed by atoms with Crippen LogP contribution in [0.5, 0.6) is 0 Å². The second-order valence-corrected chi connectivity index (χ2v) is 6.58. The maximum Gasteiger partial charge on any atom is 0.325 e. The van der Waals surface area contributed by atoms with Crippen molar-refractivity contribution in [1.82, 2.24) is 4.90 Å². The van der Waals surface area contributed by atoms with Crippen LogP contribution in [-0.4, -0.2) is 42.4 Å². The van der Waals surface area contributed by atoms with Gasteiger partial charge in [-0.2, -0.15) is 0 Å². The highest BCUT2D eigenvalue weighted by molar-refractivity contribution is 6.30. The lowest BCUT2D eigenvalue weighted by Crippen LogP contribution is -2.37. The van der Waals surface area contributed by atoms with Crippen LogP contribution < -0.4 is 15.5 Å². The summed E-state index contributed by atoms with van der Waals surface area (Å²) in [5, 5.41) is 6.01. The Kier molecular flexibility index (Phi) is 5.61. The number of nitrogens with zero attached hydrogens (tertiary/aromatic N) is 2. The number of anilines is 3. The molecule has 27 heavy (non-hydrogen) atoms. The van der Waals surface area contributed by atoms with E-state index in [1.165, 1.54) is 11.8 Å². The third kappa shape index (κ3) is 4.77. The Morgan fingerprint density at radius 2 is 1.56 bits per heavy atom. The van der Waals surface area contributed by atoms with Crippen molar-refractivity contribution in [2.24, 2.45) is 0 Å². The van der Waals surface area contributed by atoms with Crippen LogP contribution in [0.1, 0.15) is 6.92 Å². The Labute approximate surface area is 161 Å². The molecule has 2 N–H and O–H groups in total. The summed E-state index contributed by atoms with van der Waals surface area (Å²) in [6, 6.07) is 13.6. The van der Waals surface area contributed by atoms with Crippen molar-refractivity contribution < 1.29 is 14.4 Å². The lowest BCUT2D eigenvalue weighted by atomic mass is 10.2. The predicted molar refractivity (Wildman–Crippen MR) is 105 cm³/mol. The summed E-state index contributed by atoms with van der Waals surface area (Å²) >= 11 is 5.88. The first-order valence-corrected chi connectivity index (χ1v) is 8.80. The van der Waals surface area contributed by atoms with Gasteiger partial charge in [0.2, 0.25) is 11.8 Å². The van der Waals surface area contributed by atoms with Gasteiger partial charge in [0.25, 0.3) is 0 Å². The van der Waals surface area contributed by atoms with Gasteiger partial charge in [-0.05, 0) is 48.5 Å². The largest absolute Gasteiger partial charge is 0.326 e. The fourth-order valence-corrected chi connectivity index (χ4v) is 2.93. The van der Waals surface area contributed by atoms with Crippen molar-refractivity contribution in [3.8, 4) is 0 Å². The van der Waals surface area contributed by atoms with Gasteiger partial charge in [0.15, 0.2) is 0 Å². The lowest BCUT2D eigenvalue weighted by Gasteiger charge is -2.18. The minimum Gasteiger partial charge on any atom is -0.326 e. The molecule has 0 saturated carbocycles. The summed E-state index contributed by atoms with van der Waals surface area (Å²) in [6.07, 6.45) is 0. The molecule has 8 heteroatoms. The minimum absolute atomic E-state index is 0.0314. The van der Waals surface area contributed by atoms with Gasteiger partial charge in [0.1, 0.15) is 6.54 Å². The molecule has 140 valence electrons. The van der Waals surface area contributed by atoms with Gasteiger partial charge >= 0.3 is 6.03 Å². The smallest absolute Gasteiger partial charge is 0.325 e. The van der Waals surface area contributed by atoms with Gasteiger partial charge in [-0.15, -0.1) is 0 Å². The molecule has 1 saturated heterocycles. The van der Waals surface area contributed by atoms with E-state index < -0.39 is 0 Å². The monoisotopic (exact) mass is 386 g/mol. The van der Waals surface area contributed by atoms with E-state index in [0.717, 1.165) is 5.69 Å². The third-order valence-electron chi connectivity index (χ3n) is 4.06. The van der Waals surface area contributed by atoms with Gasteiger partial charge in [-0.1, -0.05) is 11.6 Å². The van der Waals surface area contributed by atoms with Crippen LogP contribution in [-0.2, 0) is 9.59 Å². The van der Waals surface area contributed by atoms with Crippen LogP contribution in [0.25, 0.3) is 0 Å². The fourth-order valence-electron chi connectivity index (χ4n) is 2.80. The number of carbonyl (C=O) groups excluding carboxylic acids is 3. The van der Waals surface area contributed by atoms with Crippen LogP contribution in [0.2, 0.25) is 5.02 Å². The Bertz CT molecular complexity index is 852. The second-order valence-electron chi connectivity index (χ2n) is 6.14. The molecule has 3 rings (SSSR count).